The molecule has 1 saturated heterocycles. The number of rotatable bonds is 6. The third-order valence-electron chi connectivity index (χ3n) is 6.56. The number of aryl methyl sites for hydroxylation is 2. The molecule has 1 aromatic carbocycles. The minimum atomic E-state index is 0.0368. The van der Waals surface area contributed by atoms with E-state index in [0.717, 1.165) is 39.6 Å². The van der Waals surface area contributed by atoms with Gasteiger partial charge in [0.1, 0.15) is 24.4 Å². The van der Waals surface area contributed by atoms with Crippen LogP contribution in [0.3, 0.4) is 0 Å². The lowest BCUT2D eigenvalue weighted by Crippen LogP contribution is -2.50. The molecule has 0 N–H and O–H groups in total. The van der Waals surface area contributed by atoms with Gasteiger partial charge in [0.2, 0.25) is 11.8 Å². The summed E-state index contributed by atoms with van der Waals surface area (Å²) in [5, 5.41) is 4.81. The lowest BCUT2D eigenvalue weighted by atomic mass is 10.1. The molecule has 1 aliphatic rings. The van der Waals surface area contributed by atoms with Crippen LogP contribution in [0.25, 0.3) is 22.6 Å². The first-order valence-corrected chi connectivity index (χ1v) is 12.0. The quantitative estimate of drug-likeness (QED) is 0.415. The Balaban J connectivity index is 1.34. The summed E-state index contributed by atoms with van der Waals surface area (Å²) in [6.45, 7) is 6.87. The van der Waals surface area contributed by atoms with E-state index in [2.05, 4.69) is 26.8 Å². The van der Waals surface area contributed by atoms with Crippen LogP contribution in [-0.4, -0.2) is 68.8 Å². The van der Waals surface area contributed by atoms with Crippen molar-refractivity contribution in [1.82, 2.24) is 29.6 Å². The Morgan fingerprint density at radius 3 is 2.42 bits per heavy atom. The van der Waals surface area contributed by atoms with Gasteiger partial charge >= 0.3 is 0 Å². The van der Waals surface area contributed by atoms with E-state index in [1.165, 1.54) is 6.33 Å². The number of hydrogen-bond donors (Lipinski definition) is 0. The minimum Gasteiger partial charge on any atom is -0.481 e. The summed E-state index contributed by atoms with van der Waals surface area (Å²) in [6, 6.07) is 15.9. The Kier molecular flexibility index (Phi) is 6.62. The largest absolute Gasteiger partial charge is 0.481 e. The standard InChI is InChI=1S/C27H29N7O2/c1-19-13-22(28-16-20(19)2)23-14-24(21-7-5-4-6-8-21)34(31-23)17-27(35)33-11-9-32(10-12-33)25-15-26(36-3)30-18-29-25/h4-8,13-16,18H,9-12,17H2,1-3H3. The number of carbonyl (C=O) groups is 1. The first kappa shape index (κ1) is 23.5. The summed E-state index contributed by atoms with van der Waals surface area (Å²) < 4.78 is 7.01. The second-order valence-electron chi connectivity index (χ2n) is 8.88. The molecular weight excluding hydrogens is 454 g/mol. The van der Waals surface area contributed by atoms with E-state index in [4.69, 9.17) is 9.84 Å². The van der Waals surface area contributed by atoms with Crippen molar-refractivity contribution < 1.29 is 9.53 Å². The van der Waals surface area contributed by atoms with Crippen LogP contribution in [0.5, 0.6) is 5.88 Å². The fourth-order valence-electron chi connectivity index (χ4n) is 4.30. The van der Waals surface area contributed by atoms with E-state index in [1.54, 1.807) is 11.8 Å². The van der Waals surface area contributed by atoms with Crippen molar-refractivity contribution in [2.75, 3.05) is 38.2 Å². The van der Waals surface area contributed by atoms with Crippen molar-refractivity contribution in [1.29, 1.82) is 0 Å². The van der Waals surface area contributed by atoms with Crippen LogP contribution >= 0.6 is 0 Å². The molecule has 0 spiro atoms. The first-order valence-electron chi connectivity index (χ1n) is 12.0. The van der Waals surface area contributed by atoms with E-state index < -0.39 is 0 Å². The summed E-state index contributed by atoms with van der Waals surface area (Å²) in [7, 11) is 1.59. The van der Waals surface area contributed by atoms with Crippen LogP contribution in [-0.2, 0) is 11.3 Å². The molecule has 0 aliphatic carbocycles. The number of benzene rings is 1. The molecule has 184 valence electrons. The fraction of sp³-hybridized carbons (Fsp3) is 0.296. The predicted octanol–water partition coefficient (Wildman–Crippen LogP) is 3.38. The number of nitrogens with zero attached hydrogens (tertiary/aromatic N) is 7. The summed E-state index contributed by atoms with van der Waals surface area (Å²) in [4.78, 5) is 30.4. The number of ether oxygens (including phenoxy) is 1. The van der Waals surface area contributed by atoms with Crippen molar-refractivity contribution in [3.05, 3.63) is 72.2 Å². The van der Waals surface area contributed by atoms with E-state index in [9.17, 15) is 4.79 Å². The number of aromatic nitrogens is 5. The van der Waals surface area contributed by atoms with Crippen molar-refractivity contribution >= 4 is 11.7 Å². The van der Waals surface area contributed by atoms with Crippen molar-refractivity contribution in [2.45, 2.75) is 20.4 Å². The average molecular weight is 484 g/mol. The van der Waals surface area contributed by atoms with Gasteiger partial charge in [0, 0.05) is 38.4 Å². The molecule has 0 radical (unpaired) electrons. The molecule has 3 aromatic heterocycles. The van der Waals surface area contributed by atoms with Gasteiger partial charge in [0.15, 0.2) is 0 Å². The molecule has 9 heteroatoms. The topological polar surface area (TPSA) is 89.3 Å². The molecule has 1 aliphatic heterocycles. The smallest absolute Gasteiger partial charge is 0.244 e. The van der Waals surface area contributed by atoms with Gasteiger partial charge in [-0.05, 0) is 42.7 Å². The van der Waals surface area contributed by atoms with Gasteiger partial charge in [-0.1, -0.05) is 30.3 Å². The second-order valence-corrected chi connectivity index (χ2v) is 8.88. The maximum atomic E-state index is 13.3. The van der Waals surface area contributed by atoms with Gasteiger partial charge in [-0.2, -0.15) is 5.10 Å². The van der Waals surface area contributed by atoms with Crippen molar-refractivity contribution in [3.63, 3.8) is 0 Å². The molecular formula is C27H29N7O2. The van der Waals surface area contributed by atoms with Crippen LogP contribution in [0.15, 0.2) is 61.1 Å². The summed E-state index contributed by atoms with van der Waals surface area (Å²) in [6.07, 6.45) is 3.36. The first-order chi connectivity index (χ1) is 17.5. The van der Waals surface area contributed by atoms with Crippen molar-refractivity contribution in [2.24, 2.45) is 0 Å². The van der Waals surface area contributed by atoms with Gasteiger partial charge in [0.05, 0.1) is 18.5 Å². The zero-order chi connectivity index (χ0) is 25.1. The summed E-state index contributed by atoms with van der Waals surface area (Å²) >= 11 is 0. The minimum absolute atomic E-state index is 0.0368. The molecule has 4 aromatic rings. The van der Waals surface area contributed by atoms with Crippen LogP contribution in [0.2, 0.25) is 0 Å². The highest BCUT2D eigenvalue weighted by Crippen LogP contribution is 2.26. The number of carbonyl (C=O) groups excluding carboxylic acids is 1. The third kappa shape index (κ3) is 4.91. The normalized spacial score (nSPS) is 13.6. The molecule has 5 rings (SSSR count). The Hall–Kier alpha value is -4.27. The number of amides is 1. The highest BCUT2D eigenvalue weighted by atomic mass is 16.5. The van der Waals surface area contributed by atoms with Crippen LogP contribution < -0.4 is 9.64 Å². The Morgan fingerprint density at radius 1 is 0.917 bits per heavy atom. The van der Waals surface area contributed by atoms with Crippen LogP contribution in [0, 0.1) is 13.8 Å². The zero-order valence-electron chi connectivity index (χ0n) is 20.8. The lowest BCUT2D eigenvalue weighted by Gasteiger charge is -2.35. The average Bonchev–Trinajstić information content (AvgIpc) is 3.34. The Morgan fingerprint density at radius 2 is 1.69 bits per heavy atom. The summed E-state index contributed by atoms with van der Waals surface area (Å²) in [5.41, 5.74) is 5.76. The molecule has 0 unspecified atom stereocenters. The van der Waals surface area contributed by atoms with Crippen molar-refractivity contribution in [3.8, 4) is 28.5 Å². The Labute approximate surface area is 210 Å². The van der Waals surface area contributed by atoms with Gasteiger partial charge in [-0.25, -0.2) is 9.97 Å². The molecule has 0 atom stereocenters. The number of anilines is 1. The van der Waals surface area contributed by atoms with E-state index in [0.29, 0.717) is 32.1 Å². The molecule has 0 bridgehead atoms. The van der Waals surface area contributed by atoms with Crippen LogP contribution in [0.4, 0.5) is 5.82 Å². The molecule has 1 fully saturated rings. The van der Waals surface area contributed by atoms with Gasteiger partial charge in [0.25, 0.3) is 0 Å². The van der Waals surface area contributed by atoms with Gasteiger partial charge < -0.3 is 14.5 Å². The van der Waals surface area contributed by atoms with E-state index >= 15 is 0 Å². The molecule has 9 nitrogen and oxygen atoms in total. The maximum absolute atomic E-state index is 13.3. The van der Waals surface area contributed by atoms with Crippen LogP contribution in [0.1, 0.15) is 11.1 Å². The molecule has 1 amide bonds. The predicted molar refractivity (Wildman–Crippen MR) is 138 cm³/mol. The second kappa shape index (κ2) is 10.2. The number of piperazine rings is 1. The highest BCUT2D eigenvalue weighted by Gasteiger charge is 2.24. The highest BCUT2D eigenvalue weighted by molar-refractivity contribution is 5.78. The molecule has 36 heavy (non-hydrogen) atoms. The molecule has 0 saturated carbocycles. The summed E-state index contributed by atoms with van der Waals surface area (Å²) in [5.74, 6) is 1.37. The molecule has 4 heterocycles. The van der Waals surface area contributed by atoms with Gasteiger partial charge in [-0.15, -0.1) is 0 Å². The number of hydrogen-bond acceptors (Lipinski definition) is 7. The van der Waals surface area contributed by atoms with Gasteiger partial charge in [-0.3, -0.25) is 14.5 Å². The zero-order valence-corrected chi connectivity index (χ0v) is 20.8. The van der Waals surface area contributed by atoms with E-state index in [-0.39, 0.29) is 12.5 Å². The fourth-order valence-corrected chi connectivity index (χ4v) is 4.30. The Bertz CT molecular complexity index is 1360. The SMILES string of the molecule is COc1cc(N2CCN(C(=O)Cn3nc(-c4cc(C)c(C)cn4)cc3-c3ccccc3)CC2)ncn1. The number of methoxy groups -OCH3 is 1. The third-order valence-corrected chi connectivity index (χ3v) is 6.56. The monoisotopic (exact) mass is 483 g/mol. The van der Waals surface area contributed by atoms with E-state index in [1.807, 2.05) is 66.6 Å². The maximum Gasteiger partial charge on any atom is 0.244 e. The lowest BCUT2D eigenvalue weighted by molar-refractivity contribution is -0.132. The number of pyridine rings is 1.